The molecule has 0 spiro atoms. The summed E-state index contributed by atoms with van der Waals surface area (Å²) in [5, 5.41) is 9.15. The van der Waals surface area contributed by atoms with E-state index in [1.807, 2.05) is 30.3 Å². The van der Waals surface area contributed by atoms with E-state index in [1.54, 1.807) is 0 Å². The van der Waals surface area contributed by atoms with Crippen LogP contribution in [-0.4, -0.2) is 44.1 Å². The van der Waals surface area contributed by atoms with E-state index in [4.69, 9.17) is 5.11 Å². The molecule has 0 radical (unpaired) electrons. The molecule has 1 fully saturated rings. The third-order valence-corrected chi connectivity index (χ3v) is 4.75. The van der Waals surface area contributed by atoms with E-state index >= 15 is 0 Å². The molecule has 1 saturated heterocycles. The van der Waals surface area contributed by atoms with Crippen LogP contribution in [0.15, 0.2) is 52.2 Å². The first-order valence-electron chi connectivity index (χ1n) is 8.80. The Kier molecular flexibility index (Phi) is 5.54. The van der Waals surface area contributed by atoms with Crippen molar-refractivity contribution in [1.82, 2.24) is 14.0 Å². The number of carbonyl (C=O) groups is 2. The summed E-state index contributed by atoms with van der Waals surface area (Å²) in [6.45, 7) is 0.439. The van der Waals surface area contributed by atoms with Crippen molar-refractivity contribution in [2.45, 2.75) is 25.9 Å². The summed E-state index contributed by atoms with van der Waals surface area (Å²) in [6, 6.07) is 10.6. The third-order valence-electron chi connectivity index (χ3n) is 4.75. The molecule has 0 aliphatic carbocycles. The summed E-state index contributed by atoms with van der Waals surface area (Å²) in [4.78, 5) is 49.9. The minimum atomic E-state index is -0.936. The highest BCUT2D eigenvalue weighted by atomic mass is 16.4. The average Bonchev–Trinajstić information content (AvgIpc) is 2.68. The van der Waals surface area contributed by atoms with Gasteiger partial charge in [0.2, 0.25) is 5.91 Å². The molecule has 1 N–H and O–H groups in total. The summed E-state index contributed by atoms with van der Waals surface area (Å²) < 4.78 is 2.27. The molecule has 1 aromatic carbocycles. The SMILES string of the molecule is O=C(O)[C@H]1CCCN(C(=O)Cn2c(=O)ccn(Cc3ccccc3)c2=O)C1. The summed E-state index contributed by atoms with van der Waals surface area (Å²) in [5.41, 5.74) is -0.215. The van der Waals surface area contributed by atoms with Gasteiger partial charge in [0, 0.05) is 25.4 Å². The second kappa shape index (κ2) is 8.03. The van der Waals surface area contributed by atoms with Gasteiger partial charge in [-0.3, -0.25) is 23.5 Å². The second-order valence-corrected chi connectivity index (χ2v) is 6.65. The summed E-state index contributed by atoms with van der Waals surface area (Å²) >= 11 is 0. The average molecular weight is 371 g/mol. The topological polar surface area (TPSA) is 102 Å². The molecule has 0 unspecified atom stereocenters. The van der Waals surface area contributed by atoms with Gasteiger partial charge in [0.25, 0.3) is 5.56 Å². The van der Waals surface area contributed by atoms with Crippen molar-refractivity contribution in [2.75, 3.05) is 13.1 Å². The maximum absolute atomic E-state index is 12.6. The Morgan fingerprint density at radius 2 is 1.85 bits per heavy atom. The smallest absolute Gasteiger partial charge is 0.331 e. The number of nitrogens with zero attached hydrogens (tertiary/aromatic N) is 3. The first-order valence-corrected chi connectivity index (χ1v) is 8.80. The number of aliphatic carboxylic acids is 1. The van der Waals surface area contributed by atoms with Crippen molar-refractivity contribution >= 4 is 11.9 Å². The maximum atomic E-state index is 12.6. The van der Waals surface area contributed by atoms with Gasteiger partial charge in [-0.1, -0.05) is 30.3 Å². The molecule has 1 aromatic heterocycles. The highest BCUT2D eigenvalue weighted by Gasteiger charge is 2.28. The van der Waals surface area contributed by atoms with Crippen LogP contribution < -0.4 is 11.2 Å². The van der Waals surface area contributed by atoms with E-state index < -0.39 is 29.0 Å². The van der Waals surface area contributed by atoms with Crippen molar-refractivity contribution in [2.24, 2.45) is 5.92 Å². The zero-order valence-electron chi connectivity index (χ0n) is 14.8. The van der Waals surface area contributed by atoms with Crippen LogP contribution in [0.2, 0.25) is 0 Å². The van der Waals surface area contributed by atoms with E-state index in [2.05, 4.69) is 0 Å². The quantitative estimate of drug-likeness (QED) is 0.819. The highest BCUT2D eigenvalue weighted by Crippen LogP contribution is 2.16. The monoisotopic (exact) mass is 371 g/mol. The highest BCUT2D eigenvalue weighted by molar-refractivity contribution is 5.77. The molecule has 2 heterocycles. The van der Waals surface area contributed by atoms with Gasteiger partial charge in [0.1, 0.15) is 6.54 Å². The van der Waals surface area contributed by atoms with Crippen molar-refractivity contribution in [3.8, 4) is 0 Å². The van der Waals surface area contributed by atoms with Crippen molar-refractivity contribution in [3.05, 3.63) is 69.0 Å². The van der Waals surface area contributed by atoms with E-state index in [-0.39, 0.29) is 13.1 Å². The molecule has 0 bridgehead atoms. The Balaban J connectivity index is 1.79. The summed E-state index contributed by atoms with van der Waals surface area (Å²) in [7, 11) is 0. The van der Waals surface area contributed by atoms with Crippen LogP contribution in [0.4, 0.5) is 0 Å². The van der Waals surface area contributed by atoms with Gasteiger partial charge < -0.3 is 10.0 Å². The number of hydrogen-bond acceptors (Lipinski definition) is 4. The Morgan fingerprint density at radius 3 is 2.56 bits per heavy atom. The zero-order valence-corrected chi connectivity index (χ0v) is 14.8. The number of hydrogen-bond donors (Lipinski definition) is 1. The lowest BCUT2D eigenvalue weighted by atomic mass is 9.98. The summed E-state index contributed by atoms with van der Waals surface area (Å²) in [6.07, 6.45) is 2.53. The van der Waals surface area contributed by atoms with Crippen molar-refractivity contribution < 1.29 is 14.7 Å². The molecule has 1 aliphatic rings. The van der Waals surface area contributed by atoms with E-state index in [1.165, 1.54) is 21.7 Å². The number of carboxylic acid groups (broad SMARTS) is 1. The molecule has 1 atom stereocenters. The number of aromatic nitrogens is 2. The standard InChI is InChI=1S/C19H21N3O5/c23-16-8-10-21(11-14-5-2-1-3-6-14)19(27)22(16)13-17(24)20-9-4-7-15(12-20)18(25)26/h1-3,5-6,8,10,15H,4,7,9,11-13H2,(H,25,26)/t15-/m0/s1. The molecule has 8 heteroatoms. The predicted octanol–water partition coefficient (Wildman–Crippen LogP) is 0.381. The molecule has 2 aromatic rings. The van der Waals surface area contributed by atoms with Gasteiger partial charge in [-0.15, -0.1) is 0 Å². The molecule has 8 nitrogen and oxygen atoms in total. The van der Waals surface area contributed by atoms with Gasteiger partial charge in [0.05, 0.1) is 12.5 Å². The number of piperidine rings is 1. The second-order valence-electron chi connectivity index (χ2n) is 6.65. The largest absolute Gasteiger partial charge is 0.481 e. The Hall–Kier alpha value is -3.16. The van der Waals surface area contributed by atoms with Gasteiger partial charge in [-0.05, 0) is 18.4 Å². The number of rotatable bonds is 5. The van der Waals surface area contributed by atoms with Gasteiger partial charge in [0.15, 0.2) is 0 Å². The number of benzene rings is 1. The molecule has 142 valence electrons. The van der Waals surface area contributed by atoms with Crippen LogP contribution in [0.1, 0.15) is 18.4 Å². The predicted molar refractivity (Wildman–Crippen MR) is 97.4 cm³/mol. The molecule has 0 saturated carbocycles. The first-order chi connectivity index (χ1) is 13.0. The lowest BCUT2D eigenvalue weighted by molar-refractivity contribution is -0.145. The molecule has 3 rings (SSSR count). The van der Waals surface area contributed by atoms with Crippen LogP contribution in [0.5, 0.6) is 0 Å². The lowest BCUT2D eigenvalue weighted by Crippen LogP contribution is -2.47. The Bertz CT molecular complexity index is 948. The number of carboxylic acids is 1. The Morgan fingerprint density at radius 1 is 1.11 bits per heavy atom. The zero-order chi connectivity index (χ0) is 19.4. The van der Waals surface area contributed by atoms with Crippen LogP contribution in [0, 0.1) is 5.92 Å². The van der Waals surface area contributed by atoms with E-state index in [9.17, 15) is 19.2 Å². The first kappa shape index (κ1) is 18.6. The van der Waals surface area contributed by atoms with Crippen molar-refractivity contribution in [1.29, 1.82) is 0 Å². The van der Waals surface area contributed by atoms with Crippen LogP contribution in [0.25, 0.3) is 0 Å². The molecule has 1 aliphatic heterocycles. The summed E-state index contributed by atoms with van der Waals surface area (Å²) in [5.74, 6) is -1.96. The van der Waals surface area contributed by atoms with Crippen LogP contribution in [-0.2, 0) is 22.7 Å². The minimum Gasteiger partial charge on any atom is -0.481 e. The Labute approximate surface area is 155 Å². The van der Waals surface area contributed by atoms with E-state index in [0.717, 1.165) is 10.1 Å². The van der Waals surface area contributed by atoms with Crippen LogP contribution in [0.3, 0.4) is 0 Å². The number of amides is 1. The van der Waals surface area contributed by atoms with Gasteiger partial charge in [-0.2, -0.15) is 0 Å². The minimum absolute atomic E-state index is 0.105. The third kappa shape index (κ3) is 4.33. The number of likely N-dealkylation sites (tertiary alicyclic amines) is 1. The van der Waals surface area contributed by atoms with E-state index in [0.29, 0.717) is 25.9 Å². The maximum Gasteiger partial charge on any atom is 0.331 e. The van der Waals surface area contributed by atoms with Crippen molar-refractivity contribution in [3.63, 3.8) is 0 Å². The van der Waals surface area contributed by atoms with Gasteiger partial charge >= 0.3 is 11.7 Å². The molecular formula is C19H21N3O5. The lowest BCUT2D eigenvalue weighted by Gasteiger charge is -2.30. The molecule has 27 heavy (non-hydrogen) atoms. The fourth-order valence-corrected chi connectivity index (χ4v) is 3.24. The number of carbonyl (C=O) groups excluding carboxylic acids is 1. The fourth-order valence-electron chi connectivity index (χ4n) is 3.24. The molecular weight excluding hydrogens is 350 g/mol. The fraction of sp³-hybridized carbons (Fsp3) is 0.368. The van der Waals surface area contributed by atoms with Crippen LogP contribution >= 0.6 is 0 Å². The normalized spacial score (nSPS) is 16.9. The van der Waals surface area contributed by atoms with Gasteiger partial charge in [-0.25, -0.2) is 4.79 Å². The molecule has 1 amide bonds.